The molecule has 0 aromatic heterocycles. The molecule has 1 fully saturated rings. The van der Waals surface area contributed by atoms with Crippen molar-refractivity contribution in [2.24, 2.45) is 0 Å². The summed E-state index contributed by atoms with van der Waals surface area (Å²) in [6.07, 6.45) is 1.96. The molecule has 0 amide bonds. The number of carbonyl (C=O) groups excluding carboxylic acids is 1. The molecule has 2 atom stereocenters. The van der Waals surface area contributed by atoms with Gasteiger partial charge in [-0.1, -0.05) is 0 Å². The summed E-state index contributed by atoms with van der Waals surface area (Å²) < 4.78 is 4.89. The van der Waals surface area contributed by atoms with Gasteiger partial charge in [0.1, 0.15) is 5.54 Å². The average Bonchev–Trinajstić information content (AvgIpc) is 2.55. The highest BCUT2D eigenvalue weighted by Gasteiger charge is 2.33. The Morgan fingerprint density at radius 1 is 1.47 bits per heavy atom. The highest BCUT2D eigenvalue weighted by molar-refractivity contribution is 5.80. The number of hydrogen-bond donors (Lipinski definition) is 1. The second kappa shape index (κ2) is 7.22. The maximum atomic E-state index is 11.8. The zero-order chi connectivity index (χ0) is 14.5. The molecule has 1 saturated heterocycles. The number of likely N-dealkylation sites (N-methyl/N-ethyl adjacent to an activating group) is 2. The van der Waals surface area contributed by atoms with Crippen molar-refractivity contribution in [2.75, 3.05) is 47.4 Å². The van der Waals surface area contributed by atoms with Crippen molar-refractivity contribution in [3.05, 3.63) is 0 Å². The molecule has 1 aliphatic heterocycles. The van der Waals surface area contributed by atoms with Crippen LogP contribution in [0.2, 0.25) is 0 Å². The van der Waals surface area contributed by atoms with E-state index in [1.54, 1.807) is 0 Å². The zero-order valence-corrected chi connectivity index (χ0v) is 13.0. The Morgan fingerprint density at radius 3 is 2.74 bits per heavy atom. The van der Waals surface area contributed by atoms with Crippen LogP contribution in [0.25, 0.3) is 0 Å². The first-order valence-corrected chi connectivity index (χ1v) is 7.13. The van der Waals surface area contributed by atoms with Crippen molar-refractivity contribution in [1.29, 1.82) is 0 Å². The van der Waals surface area contributed by atoms with Crippen LogP contribution in [0.15, 0.2) is 0 Å². The number of carbonyl (C=O) groups is 1. The van der Waals surface area contributed by atoms with E-state index < -0.39 is 5.54 Å². The second-order valence-corrected chi connectivity index (χ2v) is 5.82. The SMILES string of the molecule is CNC(C)(CCN1CCCN(C)CC1C)C(=O)OC. The number of rotatable bonds is 5. The van der Waals surface area contributed by atoms with E-state index in [4.69, 9.17) is 4.74 Å². The van der Waals surface area contributed by atoms with E-state index in [2.05, 4.69) is 29.1 Å². The highest BCUT2D eigenvalue weighted by atomic mass is 16.5. The van der Waals surface area contributed by atoms with E-state index >= 15 is 0 Å². The average molecular weight is 271 g/mol. The van der Waals surface area contributed by atoms with Gasteiger partial charge < -0.3 is 15.0 Å². The van der Waals surface area contributed by atoms with E-state index in [1.165, 1.54) is 13.5 Å². The zero-order valence-electron chi connectivity index (χ0n) is 13.0. The largest absolute Gasteiger partial charge is 0.468 e. The van der Waals surface area contributed by atoms with Crippen molar-refractivity contribution in [3.63, 3.8) is 0 Å². The Morgan fingerprint density at radius 2 is 2.16 bits per heavy atom. The summed E-state index contributed by atoms with van der Waals surface area (Å²) in [6, 6.07) is 0.534. The van der Waals surface area contributed by atoms with Gasteiger partial charge in [-0.05, 0) is 53.9 Å². The molecular formula is C14H29N3O2. The molecule has 1 rings (SSSR count). The van der Waals surface area contributed by atoms with Crippen LogP contribution in [0.3, 0.4) is 0 Å². The molecule has 0 spiro atoms. The first kappa shape index (κ1) is 16.4. The molecule has 1 heterocycles. The first-order chi connectivity index (χ1) is 8.92. The van der Waals surface area contributed by atoms with Crippen LogP contribution in [0, 0.1) is 0 Å². The monoisotopic (exact) mass is 271 g/mol. The summed E-state index contributed by atoms with van der Waals surface area (Å²) in [6.45, 7) is 8.44. The molecule has 2 unspecified atom stereocenters. The molecule has 112 valence electrons. The Labute approximate surface area is 117 Å². The van der Waals surface area contributed by atoms with Crippen molar-refractivity contribution in [2.45, 2.75) is 38.3 Å². The summed E-state index contributed by atoms with van der Waals surface area (Å²) in [5, 5.41) is 3.10. The summed E-state index contributed by atoms with van der Waals surface area (Å²) in [5.41, 5.74) is -0.591. The van der Waals surface area contributed by atoms with Gasteiger partial charge in [-0.15, -0.1) is 0 Å². The predicted molar refractivity (Wildman–Crippen MR) is 77.2 cm³/mol. The van der Waals surface area contributed by atoms with Crippen molar-refractivity contribution in [1.82, 2.24) is 15.1 Å². The summed E-state index contributed by atoms with van der Waals surface area (Å²) in [7, 11) is 5.43. The van der Waals surface area contributed by atoms with Crippen LogP contribution in [0.1, 0.15) is 26.7 Å². The van der Waals surface area contributed by atoms with Crippen LogP contribution >= 0.6 is 0 Å². The molecular weight excluding hydrogens is 242 g/mol. The van der Waals surface area contributed by atoms with E-state index in [0.717, 1.165) is 32.6 Å². The van der Waals surface area contributed by atoms with Crippen LogP contribution in [-0.2, 0) is 9.53 Å². The molecule has 0 bridgehead atoms. The standard InChI is InChI=1S/C14H29N3O2/c1-12-11-16(4)8-6-9-17(12)10-7-14(2,15-3)13(18)19-5/h12,15H,6-11H2,1-5H3. The molecule has 0 aromatic rings. The van der Waals surface area contributed by atoms with Gasteiger partial charge in [0.05, 0.1) is 7.11 Å². The summed E-state index contributed by atoms with van der Waals surface area (Å²) in [5.74, 6) is -0.186. The number of hydrogen-bond acceptors (Lipinski definition) is 5. The highest BCUT2D eigenvalue weighted by Crippen LogP contribution is 2.15. The lowest BCUT2D eigenvalue weighted by Crippen LogP contribution is -2.51. The maximum absolute atomic E-state index is 11.8. The van der Waals surface area contributed by atoms with Crippen molar-refractivity contribution in [3.8, 4) is 0 Å². The lowest BCUT2D eigenvalue weighted by Gasteiger charge is -2.32. The van der Waals surface area contributed by atoms with Crippen LogP contribution in [-0.4, -0.2) is 74.7 Å². The Kier molecular flexibility index (Phi) is 6.23. The Hall–Kier alpha value is -0.650. The molecule has 5 heteroatoms. The predicted octanol–water partition coefficient (Wildman–Crippen LogP) is 0.554. The molecule has 1 N–H and O–H groups in total. The van der Waals surface area contributed by atoms with Crippen LogP contribution in [0.4, 0.5) is 0 Å². The third-order valence-corrected chi connectivity index (χ3v) is 4.27. The molecule has 1 aliphatic rings. The minimum absolute atomic E-state index is 0.186. The van der Waals surface area contributed by atoms with Crippen LogP contribution in [0.5, 0.6) is 0 Å². The van der Waals surface area contributed by atoms with Gasteiger partial charge in [-0.3, -0.25) is 9.69 Å². The van der Waals surface area contributed by atoms with Gasteiger partial charge in [-0.2, -0.15) is 0 Å². The number of ether oxygens (including phenoxy) is 1. The number of esters is 1. The third kappa shape index (κ3) is 4.44. The first-order valence-electron chi connectivity index (χ1n) is 7.13. The Balaban J connectivity index is 2.56. The molecule has 5 nitrogen and oxygen atoms in total. The summed E-state index contributed by atoms with van der Waals surface area (Å²) >= 11 is 0. The van der Waals surface area contributed by atoms with Gasteiger partial charge in [0, 0.05) is 19.1 Å². The molecule has 0 radical (unpaired) electrons. The van der Waals surface area contributed by atoms with Gasteiger partial charge in [0.25, 0.3) is 0 Å². The number of methoxy groups -OCH3 is 1. The van der Waals surface area contributed by atoms with Gasteiger partial charge in [0.15, 0.2) is 0 Å². The third-order valence-electron chi connectivity index (χ3n) is 4.27. The quantitative estimate of drug-likeness (QED) is 0.740. The van der Waals surface area contributed by atoms with Gasteiger partial charge >= 0.3 is 5.97 Å². The molecule has 0 aliphatic carbocycles. The topological polar surface area (TPSA) is 44.8 Å². The minimum Gasteiger partial charge on any atom is -0.468 e. The minimum atomic E-state index is -0.591. The molecule has 0 aromatic carbocycles. The lowest BCUT2D eigenvalue weighted by atomic mass is 9.97. The van der Waals surface area contributed by atoms with E-state index in [1.807, 2.05) is 14.0 Å². The normalized spacial score (nSPS) is 25.6. The van der Waals surface area contributed by atoms with E-state index in [-0.39, 0.29) is 5.97 Å². The molecule has 19 heavy (non-hydrogen) atoms. The second-order valence-electron chi connectivity index (χ2n) is 5.82. The van der Waals surface area contributed by atoms with Crippen molar-refractivity contribution >= 4 is 5.97 Å². The van der Waals surface area contributed by atoms with Gasteiger partial charge in [-0.25, -0.2) is 0 Å². The Bertz CT molecular complexity index is 298. The maximum Gasteiger partial charge on any atom is 0.325 e. The van der Waals surface area contributed by atoms with E-state index in [9.17, 15) is 4.79 Å². The smallest absolute Gasteiger partial charge is 0.325 e. The fourth-order valence-electron chi connectivity index (χ4n) is 2.68. The molecule has 0 saturated carbocycles. The number of nitrogens with one attached hydrogen (secondary N) is 1. The van der Waals surface area contributed by atoms with Crippen molar-refractivity contribution < 1.29 is 9.53 Å². The fraction of sp³-hybridized carbons (Fsp3) is 0.929. The summed E-state index contributed by atoms with van der Waals surface area (Å²) in [4.78, 5) is 16.7. The lowest BCUT2D eigenvalue weighted by molar-refractivity contribution is -0.148. The fourth-order valence-corrected chi connectivity index (χ4v) is 2.68. The number of nitrogens with zero attached hydrogens (tertiary/aromatic N) is 2. The van der Waals surface area contributed by atoms with Crippen LogP contribution < -0.4 is 5.32 Å². The van der Waals surface area contributed by atoms with E-state index in [0.29, 0.717) is 6.04 Å². The van der Waals surface area contributed by atoms with Gasteiger partial charge in [0.2, 0.25) is 0 Å².